The number of pyridine rings is 1. The summed E-state index contributed by atoms with van der Waals surface area (Å²) < 4.78 is 5.01. The van der Waals surface area contributed by atoms with E-state index in [1.165, 1.54) is 12.1 Å². The molecule has 22 heavy (non-hydrogen) atoms. The third-order valence-corrected chi connectivity index (χ3v) is 3.60. The van der Waals surface area contributed by atoms with Gasteiger partial charge >= 0.3 is 11.7 Å². The van der Waals surface area contributed by atoms with Crippen LogP contribution in [0, 0.1) is 27.4 Å². The molecule has 1 aromatic heterocycles. The molecule has 1 aromatic rings. The van der Waals surface area contributed by atoms with Crippen molar-refractivity contribution >= 4 is 17.5 Å². The van der Waals surface area contributed by atoms with Crippen LogP contribution in [-0.4, -0.2) is 35.6 Å². The number of piperidine rings is 1. The molecule has 1 aliphatic rings. The molecule has 2 rings (SSSR count). The van der Waals surface area contributed by atoms with Crippen LogP contribution in [0.4, 0.5) is 11.5 Å². The van der Waals surface area contributed by atoms with E-state index in [9.17, 15) is 14.9 Å². The van der Waals surface area contributed by atoms with Gasteiger partial charge in [-0.25, -0.2) is 4.98 Å². The number of ether oxygens (including phenoxy) is 1. The number of esters is 1. The molecule has 8 heteroatoms. The van der Waals surface area contributed by atoms with Crippen LogP contribution >= 0.6 is 0 Å². The van der Waals surface area contributed by atoms with E-state index in [1.54, 1.807) is 13.0 Å². The molecule has 1 aliphatic heterocycles. The fraction of sp³-hybridized carbons (Fsp3) is 0.500. The smallest absolute Gasteiger partial charge is 0.309 e. The van der Waals surface area contributed by atoms with Gasteiger partial charge in [0, 0.05) is 19.2 Å². The van der Waals surface area contributed by atoms with Gasteiger partial charge in [-0.1, -0.05) is 0 Å². The molecular formula is C14H16N4O4. The summed E-state index contributed by atoms with van der Waals surface area (Å²) in [6.07, 6.45) is 1.28. The van der Waals surface area contributed by atoms with Gasteiger partial charge in [-0.2, -0.15) is 5.26 Å². The molecule has 0 unspecified atom stereocenters. The van der Waals surface area contributed by atoms with Crippen molar-refractivity contribution in [2.24, 2.45) is 5.92 Å². The minimum absolute atomic E-state index is 0.121. The van der Waals surface area contributed by atoms with Crippen molar-refractivity contribution < 1.29 is 14.5 Å². The van der Waals surface area contributed by atoms with Gasteiger partial charge in [0.15, 0.2) is 0 Å². The molecule has 0 atom stereocenters. The molecule has 0 aliphatic carbocycles. The van der Waals surface area contributed by atoms with E-state index >= 15 is 0 Å². The van der Waals surface area contributed by atoms with Gasteiger partial charge < -0.3 is 9.64 Å². The van der Waals surface area contributed by atoms with Crippen molar-refractivity contribution in [3.8, 4) is 6.07 Å². The minimum atomic E-state index is -0.623. The highest BCUT2D eigenvalue weighted by molar-refractivity contribution is 5.72. The van der Waals surface area contributed by atoms with Crippen molar-refractivity contribution in [3.05, 3.63) is 27.9 Å². The predicted molar refractivity (Wildman–Crippen MR) is 77.2 cm³/mol. The zero-order chi connectivity index (χ0) is 16.1. The molecule has 0 saturated carbocycles. The van der Waals surface area contributed by atoms with Gasteiger partial charge in [0.25, 0.3) is 0 Å². The van der Waals surface area contributed by atoms with Crippen molar-refractivity contribution in [1.29, 1.82) is 5.26 Å². The van der Waals surface area contributed by atoms with Crippen molar-refractivity contribution in [2.45, 2.75) is 19.8 Å². The Balaban J connectivity index is 2.07. The molecule has 116 valence electrons. The molecule has 1 fully saturated rings. The molecule has 0 bridgehead atoms. The Kier molecular flexibility index (Phi) is 4.88. The van der Waals surface area contributed by atoms with E-state index in [4.69, 9.17) is 10.00 Å². The molecule has 0 amide bonds. The second-order valence-corrected chi connectivity index (χ2v) is 4.92. The minimum Gasteiger partial charge on any atom is -0.466 e. The number of aromatic nitrogens is 1. The number of nitro groups is 1. The first-order chi connectivity index (χ1) is 10.6. The first kappa shape index (κ1) is 15.7. The Morgan fingerprint density at radius 2 is 2.23 bits per heavy atom. The van der Waals surface area contributed by atoms with Crippen LogP contribution in [0.15, 0.2) is 12.1 Å². The number of hydrogen-bond donors (Lipinski definition) is 0. The fourth-order valence-corrected chi connectivity index (χ4v) is 2.45. The largest absolute Gasteiger partial charge is 0.466 e. The van der Waals surface area contributed by atoms with E-state index in [0.717, 1.165) is 0 Å². The summed E-state index contributed by atoms with van der Waals surface area (Å²) in [5.74, 6) is 0.214. The number of hydrogen-bond acceptors (Lipinski definition) is 7. The summed E-state index contributed by atoms with van der Waals surface area (Å²) >= 11 is 0. The fourth-order valence-electron chi connectivity index (χ4n) is 2.45. The predicted octanol–water partition coefficient (Wildman–Crippen LogP) is 1.64. The van der Waals surface area contributed by atoms with Crippen LogP contribution in [0.5, 0.6) is 0 Å². The maximum absolute atomic E-state index is 11.7. The van der Waals surface area contributed by atoms with Crippen LogP contribution < -0.4 is 4.90 Å². The summed E-state index contributed by atoms with van der Waals surface area (Å²) in [5.41, 5.74) is -0.498. The first-order valence-electron chi connectivity index (χ1n) is 7.04. The molecule has 0 spiro atoms. The Hall–Kier alpha value is -2.69. The summed E-state index contributed by atoms with van der Waals surface area (Å²) in [6.45, 7) is 3.34. The summed E-state index contributed by atoms with van der Waals surface area (Å²) in [7, 11) is 0. The number of carbonyl (C=O) groups excluding carboxylic acids is 1. The zero-order valence-electron chi connectivity index (χ0n) is 12.2. The third-order valence-electron chi connectivity index (χ3n) is 3.60. The summed E-state index contributed by atoms with van der Waals surface area (Å²) in [4.78, 5) is 27.8. The topological polar surface area (TPSA) is 109 Å². The Bertz CT molecular complexity index is 618. The number of nitriles is 1. The van der Waals surface area contributed by atoms with E-state index in [2.05, 4.69) is 4.98 Å². The van der Waals surface area contributed by atoms with Crippen LogP contribution in [0.1, 0.15) is 25.5 Å². The summed E-state index contributed by atoms with van der Waals surface area (Å²) in [5, 5.41) is 19.8. The monoisotopic (exact) mass is 304 g/mol. The van der Waals surface area contributed by atoms with Gasteiger partial charge in [-0.15, -0.1) is 0 Å². The van der Waals surface area contributed by atoms with Gasteiger partial charge in [0.05, 0.1) is 17.4 Å². The molecule has 0 N–H and O–H groups in total. The Morgan fingerprint density at radius 3 is 2.77 bits per heavy atom. The lowest BCUT2D eigenvalue weighted by molar-refractivity contribution is -0.385. The lowest BCUT2D eigenvalue weighted by Gasteiger charge is -2.31. The maximum atomic E-state index is 11.7. The maximum Gasteiger partial charge on any atom is 0.309 e. The zero-order valence-corrected chi connectivity index (χ0v) is 12.2. The van der Waals surface area contributed by atoms with Crippen molar-refractivity contribution in [1.82, 2.24) is 4.98 Å². The molecule has 2 heterocycles. The van der Waals surface area contributed by atoms with Crippen LogP contribution in [0.25, 0.3) is 0 Å². The standard InChI is InChI=1S/C14H16N4O4/c1-2-22-14(19)10-5-7-17(8-6-10)13-4-3-12(18(20)21)11(9-15)16-13/h3-4,10H,2,5-8H2,1H3. The average molecular weight is 304 g/mol. The van der Waals surface area contributed by atoms with Crippen molar-refractivity contribution in [2.75, 3.05) is 24.6 Å². The lowest BCUT2D eigenvalue weighted by atomic mass is 9.97. The Morgan fingerprint density at radius 1 is 1.55 bits per heavy atom. The SMILES string of the molecule is CCOC(=O)C1CCN(c2ccc([N+](=O)[O-])c(C#N)n2)CC1. The highest BCUT2D eigenvalue weighted by atomic mass is 16.6. The van der Waals surface area contributed by atoms with E-state index in [-0.39, 0.29) is 23.3 Å². The first-order valence-corrected chi connectivity index (χ1v) is 7.04. The molecule has 0 radical (unpaired) electrons. The van der Waals surface area contributed by atoms with E-state index in [1.807, 2.05) is 4.90 Å². The molecule has 1 saturated heterocycles. The second-order valence-electron chi connectivity index (χ2n) is 4.92. The quantitative estimate of drug-likeness (QED) is 0.472. The Labute approximate surface area is 127 Å². The van der Waals surface area contributed by atoms with Crippen molar-refractivity contribution in [3.63, 3.8) is 0 Å². The van der Waals surface area contributed by atoms with Gasteiger partial charge in [0.1, 0.15) is 11.9 Å². The highest BCUT2D eigenvalue weighted by Crippen LogP contribution is 2.25. The van der Waals surface area contributed by atoms with E-state index < -0.39 is 4.92 Å². The van der Waals surface area contributed by atoms with Gasteiger partial charge in [0.2, 0.25) is 5.69 Å². The molecular weight excluding hydrogens is 288 g/mol. The van der Waals surface area contributed by atoms with Crippen LogP contribution in [-0.2, 0) is 9.53 Å². The lowest BCUT2D eigenvalue weighted by Crippen LogP contribution is -2.37. The van der Waals surface area contributed by atoms with Gasteiger partial charge in [-0.3, -0.25) is 14.9 Å². The van der Waals surface area contributed by atoms with Crippen LogP contribution in [0.3, 0.4) is 0 Å². The number of nitrogens with zero attached hydrogens (tertiary/aromatic N) is 4. The number of anilines is 1. The molecule has 0 aromatic carbocycles. The van der Waals surface area contributed by atoms with Crippen LogP contribution in [0.2, 0.25) is 0 Å². The van der Waals surface area contributed by atoms with E-state index in [0.29, 0.717) is 38.4 Å². The summed E-state index contributed by atoms with van der Waals surface area (Å²) in [6, 6.07) is 4.57. The number of rotatable bonds is 4. The third kappa shape index (κ3) is 3.31. The highest BCUT2D eigenvalue weighted by Gasteiger charge is 2.27. The molecule has 8 nitrogen and oxygen atoms in total. The number of carbonyl (C=O) groups is 1. The van der Waals surface area contributed by atoms with Gasteiger partial charge in [-0.05, 0) is 25.8 Å². The second kappa shape index (κ2) is 6.85. The normalized spacial score (nSPS) is 15.2. The average Bonchev–Trinajstić information content (AvgIpc) is 2.54.